The molecule has 1 aromatic carbocycles. The first-order valence-corrected chi connectivity index (χ1v) is 7.81. The van der Waals surface area contributed by atoms with E-state index in [0.29, 0.717) is 31.4 Å². The lowest BCUT2D eigenvalue weighted by Crippen LogP contribution is -2.44. The molecule has 2 N–H and O–H groups in total. The number of ether oxygens (including phenoxy) is 1. The molecule has 1 aliphatic rings. The van der Waals surface area contributed by atoms with E-state index in [0.717, 1.165) is 31.7 Å². The zero-order valence-electron chi connectivity index (χ0n) is 13.8. The maximum Gasteiger partial charge on any atom is 0.191 e. The third-order valence-corrected chi connectivity index (χ3v) is 3.87. The van der Waals surface area contributed by atoms with E-state index in [1.807, 2.05) is 35.8 Å². The van der Waals surface area contributed by atoms with Crippen molar-refractivity contribution in [2.75, 3.05) is 44.3 Å². The molecule has 0 spiro atoms. The third kappa shape index (κ3) is 5.49. The predicted octanol–water partition coefficient (Wildman–Crippen LogP) is 2.44. The summed E-state index contributed by atoms with van der Waals surface area (Å²) in [7, 11) is 0. The summed E-state index contributed by atoms with van der Waals surface area (Å²) < 4.78 is 19.5. The number of hydrogen-bond donors (Lipinski definition) is 1. The van der Waals surface area contributed by atoms with Crippen LogP contribution in [0.1, 0.15) is 19.4 Å². The van der Waals surface area contributed by atoms with Crippen molar-refractivity contribution in [3.05, 3.63) is 29.6 Å². The van der Waals surface area contributed by atoms with E-state index in [1.165, 1.54) is 0 Å². The summed E-state index contributed by atoms with van der Waals surface area (Å²) in [6.45, 7) is 8.85. The number of rotatable bonds is 5. The SMILES string of the molecule is CCN(CC)c1ccc(CN=C(N)N2CCOCC2)cc1F.I. The lowest BCUT2D eigenvalue weighted by atomic mass is 10.2. The van der Waals surface area contributed by atoms with Crippen LogP contribution in [0.4, 0.5) is 10.1 Å². The molecule has 2 rings (SSSR count). The highest BCUT2D eigenvalue weighted by molar-refractivity contribution is 14.0. The van der Waals surface area contributed by atoms with Gasteiger partial charge in [-0.3, -0.25) is 0 Å². The number of guanidine groups is 1. The minimum atomic E-state index is -0.207. The zero-order chi connectivity index (χ0) is 15.9. The molecular weight excluding hydrogens is 410 g/mol. The number of aliphatic imine (C=N–C) groups is 1. The Balaban J connectivity index is 0.00000264. The zero-order valence-corrected chi connectivity index (χ0v) is 16.1. The summed E-state index contributed by atoms with van der Waals surface area (Å²) in [5.74, 6) is 0.290. The molecule has 130 valence electrons. The number of anilines is 1. The summed E-state index contributed by atoms with van der Waals surface area (Å²) in [6, 6.07) is 5.27. The second-order valence-corrected chi connectivity index (χ2v) is 5.23. The summed E-state index contributed by atoms with van der Waals surface area (Å²) in [5, 5.41) is 0. The van der Waals surface area contributed by atoms with E-state index in [9.17, 15) is 4.39 Å². The molecule has 0 saturated carbocycles. The van der Waals surface area contributed by atoms with Gasteiger partial charge in [0, 0.05) is 26.2 Å². The molecule has 0 aliphatic carbocycles. The lowest BCUT2D eigenvalue weighted by molar-refractivity contribution is 0.0674. The average molecular weight is 436 g/mol. The number of hydrogen-bond acceptors (Lipinski definition) is 3. The quantitative estimate of drug-likeness (QED) is 0.438. The Kier molecular flexibility index (Phi) is 8.60. The van der Waals surface area contributed by atoms with Crippen LogP contribution < -0.4 is 10.6 Å². The van der Waals surface area contributed by atoms with Crippen molar-refractivity contribution in [3.8, 4) is 0 Å². The Morgan fingerprint density at radius 3 is 2.52 bits per heavy atom. The fourth-order valence-electron chi connectivity index (χ4n) is 2.53. The van der Waals surface area contributed by atoms with Crippen LogP contribution >= 0.6 is 24.0 Å². The highest BCUT2D eigenvalue weighted by Crippen LogP contribution is 2.20. The molecule has 23 heavy (non-hydrogen) atoms. The monoisotopic (exact) mass is 436 g/mol. The van der Waals surface area contributed by atoms with Gasteiger partial charge >= 0.3 is 0 Å². The van der Waals surface area contributed by atoms with Crippen LogP contribution in [-0.2, 0) is 11.3 Å². The summed E-state index contributed by atoms with van der Waals surface area (Å²) >= 11 is 0. The molecule has 0 aromatic heterocycles. The first-order valence-electron chi connectivity index (χ1n) is 7.81. The Morgan fingerprint density at radius 2 is 1.96 bits per heavy atom. The smallest absolute Gasteiger partial charge is 0.191 e. The highest BCUT2D eigenvalue weighted by Gasteiger charge is 2.12. The van der Waals surface area contributed by atoms with Crippen molar-refractivity contribution in [2.24, 2.45) is 10.7 Å². The van der Waals surface area contributed by atoms with Crippen LogP contribution in [0.25, 0.3) is 0 Å². The van der Waals surface area contributed by atoms with Crippen LogP contribution in [0, 0.1) is 5.82 Å². The van der Waals surface area contributed by atoms with Gasteiger partial charge in [-0.05, 0) is 31.5 Å². The molecule has 1 aromatic rings. The molecule has 1 saturated heterocycles. The first kappa shape index (κ1) is 20.0. The number of halogens is 2. The maximum atomic E-state index is 14.2. The molecule has 5 nitrogen and oxygen atoms in total. The van der Waals surface area contributed by atoms with Gasteiger partial charge < -0.3 is 20.3 Å². The minimum absolute atomic E-state index is 0. The highest BCUT2D eigenvalue weighted by atomic mass is 127. The van der Waals surface area contributed by atoms with Crippen LogP contribution in [0.2, 0.25) is 0 Å². The van der Waals surface area contributed by atoms with Gasteiger partial charge in [-0.1, -0.05) is 6.07 Å². The molecule has 0 amide bonds. The molecule has 7 heteroatoms. The molecule has 1 aliphatic heterocycles. The van der Waals surface area contributed by atoms with E-state index < -0.39 is 0 Å². The van der Waals surface area contributed by atoms with Crippen LogP contribution in [0.5, 0.6) is 0 Å². The fraction of sp³-hybridized carbons (Fsp3) is 0.562. The van der Waals surface area contributed by atoms with Gasteiger partial charge in [0.1, 0.15) is 5.82 Å². The van der Waals surface area contributed by atoms with Gasteiger partial charge in [-0.25, -0.2) is 9.38 Å². The van der Waals surface area contributed by atoms with Gasteiger partial charge in [-0.15, -0.1) is 24.0 Å². The molecule has 1 heterocycles. The van der Waals surface area contributed by atoms with Gasteiger partial charge in [0.05, 0.1) is 25.4 Å². The maximum absolute atomic E-state index is 14.2. The van der Waals surface area contributed by atoms with E-state index in [-0.39, 0.29) is 29.8 Å². The second kappa shape index (κ2) is 9.92. The molecule has 0 bridgehead atoms. The van der Waals surface area contributed by atoms with Gasteiger partial charge in [0.15, 0.2) is 5.96 Å². The van der Waals surface area contributed by atoms with Gasteiger partial charge in [0.2, 0.25) is 0 Å². The number of nitrogens with zero attached hydrogens (tertiary/aromatic N) is 3. The van der Waals surface area contributed by atoms with E-state index in [4.69, 9.17) is 10.5 Å². The first-order chi connectivity index (χ1) is 10.7. The largest absolute Gasteiger partial charge is 0.378 e. The molecule has 0 atom stereocenters. The molecule has 1 fully saturated rings. The Hall–Kier alpha value is -1.09. The summed E-state index contributed by atoms with van der Waals surface area (Å²) in [5.41, 5.74) is 7.44. The van der Waals surface area contributed by atoms with Crippen LogP contribution in [0.3, 0.4) is 0 Å². The summed E-state index contributed by atoms with van der Waals surface area (Å²) in [6.07, 6.45) is 0. The van der Waals surface area contributed by atoms with Crippen molar-refractivity contribution in [2.45, 2.75) is 20.4 Å². The topological polar surface area (TPSA) is 54.1 Å². The lowest BCUT2D eigenvalue weighted by Gasteiger charge is -2.27. The third-order valence-electron chi connectivity index (χ3n) is 3.87. The van der Waals surface area contributed by atoms with Crippen molar-refractivity contribution < 1.29 is 9.13 Å². The Bertz CT molecular complexity index is 517. The van der Waals surface area contributed by atoms with E-state index in [2.05, 4.69) is 4.99 Å². The van der Waals surface area contributed by atoms with E-state index >= 15 is 0 Å². The van der Waals surface area contributed by atoms with Gasteiger partial charge in [0.25, 0.3) is 0 Å². The van der Waals surface area contributed by atoms with Crippen LogP contribution in [0.15, 0.2) is 23.2 Å². The number of benzene rings is 1. The molecule has 0 radical (unpaired) electrons. The molecular formula is C16H26FIN4O. The van der Waals surface area contributed by atoms with Crippen molar-refractivity contribution in [1.29, 1.82) is 0 Å². The van der Waals surface area contributed by atoms with Crippen LogP contribution in [-0.4, -0.2) is 50.3 Å². The second-order valence-electron chi connectivity index (χ2n) is 5.23. The number of morpholine rings is 1. The Labute approximate surface area is 154 Å². The fourth-order valence-corrected chi connectivity index (χ4v) is 2.53. The van der Waals surface area contributed by atoms with Gasteiger partial charge in [-0.2, -0.15) is 0 Å². The minimum Gasteiger partial charge on any atom is -0.378 e. The number of nitrogens with two attached hydrogens (primary N) is 1. The van der Waals surface area contributed by atoms with Crippen molar-refractivity contribution in [3.63, 3.8) is 0 Å². The summed E-state index contributed by atoms with van der Waals surface area (Å²) in [4.78, 5) is 8.34. The van der Waals surface area contributed by atoms with Crippen molar-refractivity contribution >= 4 is 35.6 Å². The Morgan fingerprint density at radius 1 is 1.30 bits per heavy atom. The van der Waals surface area contributed by atoms with E-state index in [1.54, 1.807) is 6.07 Å². The predicted molar refractivity (Wildman–Crippen MR) is 103 cm³/mol. The normalized spacial score (nSPS) is 15.3. The van der Waals surface area contributed by atoms with Crippen molar-refractivity contribution in [1.82, 2.24) is 4.90 Å². The standard InChI is InChI=1S/C16H25FN4O.HI/c1-3-20(4-2)15-6-5-13(11-14(15)17)12-19-16(18)21-7-9-22-10-8-21;/h5-6,11H,3-4,7-10,12H2,1-2H3,(H2,18,19);1H. The molecule has 0 unspecified atom stereocenters. The average Bonchev–Trinajstić information content (AvgIpc) is 2.56.